The van der Waals surface area contributed by atoms with E-state index in [1.165, 1.54) is 0 Å². The zero-order valence-electron chi connectivity index (χ0n) is 11.6. The van der Waals surface area contributed by atoms with E-state index in [1.54, 1.807) is 30.2 Å². The Morgan fingerprint density at radius 1 is 1.39 bits per heavy atom. The van der Waals surface area contributed by atoms with Gasteiger partial charge >= 0.3 is 0 Å². The second kappa shape index (κ2) is 6.28. The highest BCUT2D eigenvalue weighted by atomic mass is 16.5. The number of benzene rings is 1. The lowest BCUT2D eigenvalue weighted by atomic mass is 10.1. The fraction of sp³-hybridized carbons (Fsp3) is 0.500. The van der Waals surface area contributed by atoms with Crippen molar-refractivity contribution >= 4 is 11.6 Å². The van der Waals surface area contributed by atoms with Crippen LogP contribution in [-0.4, -0.2) is 31.0 Å². The molecule has 0 saturated carbocycles. The van der Waals surface area contributed by atoms with Crippen LogP contribution in [0.2, 0.25) is 0 Å². The number of hydrogen-bond acceptors (Lipinski definition) is 3. The summed E-state index contributed by atoms with van der Waals surface area (Å²) in [5.41, 5.74) is 6.85. The smallest absolute Gasteiger partial charge is 0.256 e. The molecule has 0 aliphatic heterocycles. The molecule has 0 radical (unpaired) electrons. The standard InChI is InChI=1S/C14H22N2O2/c1-5-10(6-2)16(3)14(17)12-9-11(18-4)7-8-13(12)15/h7-10H,5-6,15H2,1-4H3. The van der Waals surface area contributed by atoms with Gasteiger partial charge in [0.05, 0.1) is 12.7 Å². The normalized spacial score (nSPS) is 10.5. The fourth-order valence-electron chi connectivity index (χ4n) is 2.04. The van der Waals surface area contributed by atoms with Gasteiger partial charge in [-0.25, -0.2) is 0 Å². The first kappa shape index (κ1) is 14.4. The van der Waals surface area contributed by atoms with E-state index in [0.717, 1.165) is 12.8 Å². The Bertz CT molecular complexity index is 414. The average molecular weight is 250 g/mol. The van der Waals surface area contributed by atoms with Gasteiger partial charge in [-0.05, 0) is 31.0 Å². The maximum atomic E-state index is 12.4. The number of hydrogen-bond donors (Lipinski definition) is 1. The molecule has 4 nitrogen and oxygen atoms in total. The van der Waals surface area contributed by atoms with Gasteiger partial charge in [-0.3, -0.25) is 4.79 Å². The Balaban J connectivity index is 3.02. The monoisotopic (exact) mass is 250 g/mol. The third-order valence-electron chi connectivity index (χ3n) is 3.30. The molecule has 1 rings (SSSR count). The third kappa shape index (κ3) is 2.94. The van der Waals surface area contributed by atoms with Gasteiger partial charge < -0.3 is 15.4 Å². The molecule has 0 aromatic heterocycles. The van der Waals surface area contributed by atoms with Crippen molar-refractivity contribution in [2.75, 3.05) is 19.9 Å². The van der Waals surface area contributed by atoms with Gasteiger partial charge in [-0.15, -0.1) is 0 Å². The number of carbonyl (C=O) groups excluding carboxylic acids is 1. The van der Waals surface area contributed by atoms with Gasteiger partial charge in [0.2, 0.25) is 0 Å². The van der Waals surface area contributed by atoms with Crippen LogP contribution < -0.4 is 10.5 Å². The van der Waals surface area contributed by atoms with Crippen LogP contribution in [0.15, 0.2) is 18.2 Å². The molecule has 18 heavy (non-hydrogen) atoms. The molecule has 0 spiro atoms. The van der Waals surface area contributed by atoms with Crippen LogP contribution in [0.4, 0.5) is 5.69 Å². The van der Waals surface area contributed by atoms with Gasteiger partial charge in [-0.1, -0.05) is 13.8 Å². The number of nitrogens with two attached hydrogens (primary N) is 1. The Morgan fingerprint density at radius 2 is 2.00 bits per heavy atom. The number of carbonyl (C=O) groups is 1. The number of methoxy groups -OCH3 is 1. The Kier molecular flexibility index (Phi) is 5.01. The van der Waals surface area contributed by atoms with Gasteiger partial charge in [0.1, 0.15) is 5.75 Å². The lowest BCUT2D eigenvalue weighted by Crippen LogP contribution is -2.36. The van der Waals surface area contributed by atoms with Crippen molar-refractivity contribution in [3.8, 4) is 5.75 Å². The molecule has 0 atom stereocenters. The summed E-state index contributed by atoms with van der Waals surface area (Å²) in [6.07, 6.45) is 1.87. The summed E-state index contributed by atoms with van der Waals surface area (Å²) in [5.74, 6) is 0.589. The summed E-state index contributed by atoms with van der Waals surface area (Å²) >= 11 is 0. The van der Waals surface area contributed by atoms with E-state index in [4.69, 9.17) is 10.5 Å². The minimum absolute atomic E-state index is 0.0555. The maximum Gasteiger partial charge on any atom is 0.256 e. The summed E-state index contributed by atoms with van der Waals surface area (Å²) in [6.45, 7) is 4.15. The highest BCUT2D eigenvalue weighted by molar-refractivity contribution is 5.99. The molecule has 100 valence electrons. The van der Waals surface area contributed by atoms with Crippen molar-refractivity contribution in [3.05, 3.63) is 23.8 Å². The molecular weight excluding hydrogens is 228 g/mol. The number of nitrogen functional groups attached to an aromatic ring is 1. The number of anilines is 1. The minimum Gasteiger partial charge on any atom is -0.497 e. The highest BCUT2D eigenvalue weighted by Crippen LogP contribution is 2.22. The van der Waals surface area contributed by atoms with Crippen molar-refractivity contribution < 1.29 is 9.53 Å². The molecule has 0 aliphatic rings. The predicted molar refractivity (Wildman–Crippen MR) is 73.9 cm³/mol. The summed E-state index contributed by atoms with van der Waals surface area (Å²) in [4.78, 5) is 14.1. The zero-order chi connectivity index (χ0) is 13.7. The van der Waals surface area contributed by atoms with Crippen molar-refractivity contribution in [2.45, 2.75) is 32.7 Å². The number of rotatable bonds is 5. The Labute approximate surface area is 109 Å². The molecule has 1 aromatic carbocycles. The molecule has 1 amide bonds. The lowest BCUT2D eigenvalue weighted by molar-refractivity contribution is 0.0724. The van der Waals surface area contributed by atoms with Gasteiger partial charge in [0, 0.05) is 18.8 Å². The molecule has 1 aromatic rings. The SMILES string of the molecule is CCC(CC)N(C)C(=O)c1cc(OC)ccc1N. The van der Waals surface area contributed by atoms with Crippen molar-refractivity contribution in [3.63, 3.8) is 0 Å². The molecular formula is C14H22N2O2. The first-order chi connectivity index (χ1) is 8.54. The largest absolute Gasteiger partial charge is 0.497 e. The molecule has 0 fully saturated rings. The van der Waals surface area contributed by atoms with Crippen LogP contribution in [0, 0.1) is 0 Å². The van der Waals surface area contributed by atoms with Gasteiger partial charge in [0.15, 0.2) is 0 Å². The summed E-state index contributed by atoms with van der Waals surface area (Å²) in [7, 11) is 3.39. The van der Waals surface area contributed by atoms with E-state index in [1.807, 2.05) is 7.05 Å². The summed E-state index contributed by atoms with van der Waals surface area (Å²) in [5, 5.41) is 0. The highest BCUT2D eigenvalue weighted by Gasteiger charge is 2.20. The van der Waals surface area contributed by atoms with Crippen LogP contribution in [0.5, 0.6) is 5.75 Å². The first-order valence-electron chi connectivity index (χ1n) is 6.25. The van der Waals surface area contributed by atoms with E-state index in [9.17, 15) is 4.79 Å². The van der Waals surface area contributed by atoms with Crippen molar-refractivity contribution in [1.29, 1.82) is 0 Å². The third-order valence-corrected chi connectivity index (χ3v) is 3.30. The van der Waals surface area contributed by atoms with Crippen molar-refractivity contribution in [1.82, 2.24) is 4.90 Å². The van der Waals surface area contributed by atoms with E-state index < -0.39 is 0 Å². The Hall–Kier alpha value is -1.71. The van der Waals surface area contributed by atoms with Gasteiger partial charge in [0.25, 0.3) is 5.91 Å². The second-order valence-electron chi connectivity index (χ2n) is 4.34. The molecule has 0 bridgehead atoms. The number of amides is 1. The van der Waals surface area contributed by atoms with E-state index in [0.29, 0.717) is 17.0 Å². The summed E-state index contributed by atoms with van der Waals surface area (Å²) in [6, 6.07) is 5.38. The zero-order valence-corrected chi connectivity index (χ0v) is 11.6. The van der Waals surface area contributed by atoms with Crippen LogP contribution in [0.1, 0.15) is 37.0 Å². The lowest BCUT2D eigenvalue weighted by Gasteiger charge is -2.26. The second-order valence-corrected chi connectivity index (χ2v) is 4.34. The van der Waals surface area contributed by atoms with Crippen LogP contribution >= 0.6 is 0 Å². The number of nitrogens with zero attached hydrogens (tertiary/aromatic N) is 1. The predicted octanol–water partition coefficient (Wildman–Crippen LogP) is 2.54. The topological polar surface area (TPSA) is 55.6 Å². The molecule has 0 heterocycles. The quantitative estimate of drug-likeness (QED) is 0.817. The fourth-order valence-corrected chi connectivity index (χ4v) is 2.04. The number of ether oxygens (including phenoxy) is 1. The Morgan fingerprint density at radius 3 is 2.50 bits per heavy atom. The van der Waals surface area contributed by atoms with Gasteiger partial charge in [-0.2, -0.15) is 0 Å². The van der Waals surface area contributed by atoms with Crippen LogP contribution in [0.25, 0.3) is 0 Å². The molecule has 0 saturated heterocycles. The first-order valence-corrected chi connectivity index (χ1v) is 6.25. The summed E-state index contributed by atoms with van der Waals surface area (Å²) < 4.78 is 5.13. The minimum atomic E-state index is -0.0555. The maximum absolute atomic E-state index is 12.4. The average Bonchev–Trinajstić information content (AvgIpc) is 2.39. The van der Waals surface area contributed by atoms with Crippen molar-refractivity contribution in [2.24, 2.45) is 0 Å². The van der Waals surface area contributed by atoms with Crippen LogP contribution in [-0.2, 0) is 0 Å². The molecule has 2 N–H and O–H groups in total. The van der Waals surface area contributed by atoms with E-state index in [-0.39, 0.29) is 11.9 Å². The molecule has 0 aliphatic carbocycles. The van der Waals surface area contributed by atoms with Crippen LogP contribution in [0.3, 0.4) is 0 Å². The molecule has 0 unspecified atom stereocenters. The molecule has 4 heteroatoms. The van der Waals surface area contributed by atoms with E-state index in [2.05, 4.69) is 13.8 Å². The van der Waals surface area contributed by atoms with E-state index >= 15 is 0 Å².